The van der Waals surface area contributed by atoms with Crippen LogP contribution in [0.15, 0.2) is 28.6 Å². The molecule has 0 aliphatic carbocycles. The number of nitrogens with zero attached hydrogens (tertiary/aromatic N) is 3. The molecule has 0 aliphatic heterocycles. The number of aromatic nitrogens is 2. The lowest BCUT2D eigenvalue weighted by atomic mass is 10.2. The van der Waals surface area contributed by atoms with Gasteiger partial charge < -0.3 is 0 Å². The van der Waals surface area contributed by atoms with Gasteiger partial charge in [-0.2, -0.15) is 0 Å². The number of hydrogen-bond donors (Lipinski definition) is 1. The van der Waals surface area contributed by atoms with Gasteiger partial charge in [0.25, 0.3) is 11.6 Å². The summed E-state index contributed by atoms with van der Waals surface area (Å²) in [7, 11) is 0. The molecule has 2 rings (SSSR count). The molecule has 116 valence electrons. The first-order valence-corrected chi connectivity index (χ1v) is 8.25. The largest absolute Gasteiger partial charge is 0.296 e. The molecule has 0 fully saturated rings. The molecule has 9 heteroatoms. The van der Waals surface area contributed by atoms with Crippen molar-refractivity contribution in [3.8, 4) is 0 Å². The summed E-state index contributed by atoms with van der Waals surface area (Å²) in [5, 5.41) is 22.0. The Morgan fingerprint density at radius 1 is 1.41 bits per heavy atom. The van der Waals surface area contributed by atoms with E-state index in [1.54, 1.807) is 11.8 Å². The Morgan fingerprint density at radius 2 is 2.09 bits per heavy atom. The quantitative estimate of drug-likeness (QED) is 0.374. The number of hydrogen-bond acceptors (Lipinski definition) is 7. The molecule has 1 heterocycles. The number of carbonyl (C=O) groups is 1. The molecule has 0 aliphatic rings. The summed E-state index contributed by atoms with van der Waals surface area (Å²) < 4.78 is 0.799. The predicted octanol–water partition coefficient (Wildman–Crippen LogP) is 3.59. The fourth-order valence-electron chi connectivity index (χ4n) is 1.47. The summed E-state index contributed by atoms with van der Waals surface area (Å²) in [4.78, 5) is 22.1. The Bertz CT molecular complexity index is 672. The maximum Gasteiger partial charge on any atom is 0.269 e. The lowest BCUT2D eigenvalue weighted by molar-refractivity contribution is -0.384. The van der Waals surface area contributed by atoms with Gasteiger partial charge >= 0.3 is 0 Å². The van der Waals surface area contributed by atoms with E-state index in [1.807, 2.05) is 0 Å². The van der Waals surface area contributed by atoms with E-state index in [2.05, 4.69) is 29.4 Å². The topological polar surface area (TPSA) is 98.0 Å². The second kappa shape index (κ2) is 7.32. The van der Waals surface area contributed by atoms with E-state index >= 15 is 0 Å². The van der Waals surface area contributed by atoms with E-state index in [-0.39, 0.29) is 11.6 Å². The van der Waals surface area contributed by atoms with Gasteiger partial charge in [0.2, 0.25) is 5.13 Å². The summed E-state index contributed by atoms with van der Waals surface area (Å²) in [6.07, 6.45) is 1.02. The summed E-state index contributed by atoms with van der Waals surface area (Å²) >= 11 is 2.92. The zero-order valence-electron chi connectivity index (χ0n) is 12.0. The first-order valence-electron chi connectivity index (χ1n) is 6.55. The molecule has 0 radical (unpaired) electrons. The number of benzene rings is 1. The van der Waals surface area contributed by atoms with E-state index in [0.717, 1.165) is 10.8 Å². The van der Waals surface area contributed by atoms with Gasteiger partial charge in [0.1, 0.15) is 0 Å². The molecule has 0 saturated carbocycles. The second-order valence-corrected chi connectivity index (χ2v) is 7.13. The summed E-state index contributed by atoms with van der Waals surface area (Å²) in [5.74, 6) is -0.369. The molecule has 0 bridgehead atoms. The van der Waals surface area contributed by atoms with Crippen LogP contribution in [-0.4, -0.2) is 26.3 Å². The highest BCUT2D eigenvalue weighted by Gasteiger charge is 2.13. The molecule has 7 nitrogen and oxygen atoms in total. The Morgan fingerprint density at radius 3 is 2.68 bits per heavy atom. The Kier molecular flexibility index (Phi) is 5.45. The van der Waals surface area contributed by atoms with Gasteiger partial charge in [-0.15, -0.1) is 10.2 Å². The lowest BCUT2D eigenvalue weighted by Gasteiger charge is -2.02. The smallest absolute Gasteiger partial charge is 0.269 e. The van der Waals surface area contributed by atoms with Crippen molar-refractivity contribution in [3.63, 3.8) is 0 Å². The van der Waals surface area contributed by atoms with Gasteiger partial charge in [0.15, 0.2) is 4.34 Å². The molecular weight excluding hydrogens is 324 g/mol. The molecule has 1 amide bonds. The van der Waals surface area contributed by atoms with E-state index in [4.69, 9.17) is 0 Å². The number of nitrogens with one attached hydrogen (secondary N) is 1. The minimum atomic E-state index is -0.509. The average molecular weight is 338 g/mol. The fraction of sp³-hybridized carbons (Fsp3) is 0.308. The van der Waals surface area contributed by atoms with Gasteiger partial charge in [-0.3, -0.25) is 20.2 Å². The highest BCUT2D eigenvalue weighted by atomic mass is 32.2. The van der Waals surface area contributed by atoms with Crippen molar-refractivity contribution in [2.24, 2.45) is 0 Å². The summed E-state index contributed by atoms with van der Waals surface area (Å²) in [6.45, 7) is 4.19. The molecule has 1 atom stereocenters. The highest BCUT2D eigenvalue weighted by Crippen LogP contribution is 2.30. The molecule has 22 heavy (non-hydrogen) atoms. The third-order valence-electron chi connectivity index (χ3n) is 2.84. The highest BCUT2D eigenvalue weighted by molar-refractivity contribution is 8.01. The average Bonchev–Trinajstić information content (AvgIpc) is 2.94. The molecular formula is C13H14N4O3S2. The van der Waals surface area contributed by atoms with Crippen molar-refractivity contribution >= 4 is 39.8 Å². The minimum Gasteiger partial charge on any atom is -0.296 e. The van der Waals surface area contributed by atoms with Crippen molar-refractivity contribution in [1.82, 2.24) is 10.2 Å². The molecule has 1 aromatic heterocycles. The number of thioether (sulfide) groups is 1. The summed E-state index contributed by atoms with van der Waals surface area (Å²) in [6, 6.07) is 5.39. The summed E-state index contributed by atoms with van der Waals surface area (Å²) in [5.41, 5.74) is 0.275. The number of nitro groups is 1. The van der Waals surface area contributed by atoms with E-state index in [1.165, 1.54) is 35.6 Å². The van der Waals surface area contributed by atoms with Crippen LogP contribution in [0, 0.1) is 10.1 Å². The molecule has 0 spiro atoms. The Labute approximate surface area is 135 Å². The van der Waals surface area contributed by atoms with Crippen LogP contribution in [-0.2, 0) is 0 Å². The van der Waals surface area contributed by atoms with Crippen LogP contribution in [0.4, 0.5) is 10.8 Å². The predicted molar refractivity (Wildman–Crippen MR) is 86.6 cm³/mol. The zero-order chi connectivity index (χ0) is 16.1. The number of carbonyl (C=O) groups excluding carboxylic acids is 1. The van der Waals surface area contributed by atoms with Crippen molar-refractivity contribution < 1.29 is 9.72 Å². The van der Waals surface area contributed by atoms with Crippen LogP contribution in [0.3, 0.4) is 0 Å². The van der Waals surface area contributed by atoms with Crippen molar-refractivity contribution in [1.29, 1.82) is 0 Å². The Balaban J connectivity index is 2.01. The minimum absolute atomic E-state index is 0.0558. The first-order chi connectivity index (χ1) is 10.5. The monoisotopic (exact) mass is 338 g/mol. The number of anilines is 1. The van der Waals surface area contributed by atoms with E-state index in [9.17, 15) is 14.9 Å². The second-order valence-electron chi connectivity index (χ2n) is 4.47. The zero-order valence-corrected chi connectivity index (χ0v) is 13.6. The van der Waals surface area contributed by atoms with Crippen LogP contribution in [0.2, 0.25) is 0 Å². The van der Waals surface area contributed by atoms with Crippen LogP contribution in [0.1, 0.15) is 30.6 Å². The van der Waals surface area contributed by atoms with Gasteiger partial charge in [0.05, 0.1) is 4.92 Å². The maximum atomic E-state index is 12.0. The normalized spacial score (nSPS) is 11.9. The lowest BCUT2D eigenvalue weighted by Crippen LogP contribution is -2.11. The van der Waals surface area contributed by atoms with Gasteiger partial charge in [-0.25, -0.2) is 0 Å². The third kappa shape index (κ3) is 4.25. The van der Waals surface area contributed by atoms with Gasteiger partial charge in [0, 0.05) is 22.9 Å². The van der Waals surface area contributed by atoms with E-state index in [0.29, 0.717) is 15.9 Å². The van der Waals surface area contributed by atoms with Crippen LogP contribution in [0.5, 0.6) is 0 Å². The van der Waals surface area contributed by atoms with Gasteiger partial charge in [-0.1, -0.05) is 36.9 Å². The SMILES string of the molecule is CCC(C)Sc1nnc(NC(=O)c2ccc([N+](=O)[O-])cc2)s1. The van der Waals surface area contributed by atoms with Crippen LogP contribution >= 0.6 is 23.1 Å². The molecule has 1 unspecified atom stereocenters. The Hall–Kier alpha value is -2.00. The van der Waals surface area contributed by atoms with Crippen molar-refractivity contribution in [2.45, 2.75) is 29.9 Å². The third-order valence-corrected chi connectivity index (χ3v) is 5.04. The van der Waals surface area contributed by atoms with Gasteiger partial charge in [-0.05, 0) is 18.6 Å². The van der Waals surface area contributed by atoms with Crippen molar-refractivity contribution in [3.05, 3.63) is 39.9 Å². The number of non-ortho nitro benzene ring substituents is 1. The van der Waals surface area contributed by atoms with E-state index < -0.39 is 4.92 Å². The van der Waals surface area contributed by atoms with Crippen LogP contribution < -0.4 is 5.32 Å². The first kappa shape index (κ1) is 16.4. The number of nitro benzene ring substituents is 1. The molecule has 1 aromatic carbocycles. The molecule has 2 aromatic rings. The maximum absolute atomic E-state index is 12.0. The standard InChI is InChI=1S/C13H14N4O3S2/c1-3-8(2)21-13-16-15-12(22-13)14-11(18)9-4-6-10(7-5-9)17(19)20/h4-8H,3H2,1-2H3,(H,14,15,18). The molecule has 0 saturated heterocycles. The van der Waals surface area contributed by atoms with Crippen molar-refractivity contribution in [2.75, 3.05) is 5.32 Å². The number of rotatable bonds is 6. The number of amides is 1. The fourth-order valence-corrected chi connectivity index (χ4v) is 3.46. The molecule has 1 N–H and O–H groups in total. The van der Waals surface area contributed by atoms with Crippen LogP contribution in [0.25, 0.3) is 0 Å².